The predicted octanol–water partition coefficient (Wildman–Crippen LogP) is 4.29. The summed E-state index contributed by atoms with van der Waals surface area (Å²) in [4.78, 5) is 0. The molecule has 2 rings (SSSR count). The first-order valence-corrected chi connectivity index (χ1v) is 6.60. The molecule has 0 aliphatic carbocycles. The summed E-state index contributed by atoms with van der Waals surface area (Å²) in [6, 6.07) is 13.4. The van der Waals surface area contributed by atoms with Crippen molar-refractivity contribution in [2.24, 2.45) is 0 Å². The molecule has 0 bridgehead atoms. The molecule has 0 aliphatic heterocycles. The summed E-state index contributed by atoms with van der Waals surface area (Å²) in [7, 11) is 0. The SMILES string of the molecule is Cc1cc(C)cc(CN[C@H](C)c2cccc(F)c2)c1. The number of nitrogens with one attached hydrogen (secondary N) is 1. The third-order valence-electron chi connectivity index (χ3n) is 3.24. The zero-order valence-electron chi connectivity index (χ0n) is 11.7. The van der Waals surface area contributed by atoms with Gasteiger partial charge in [-0.05, 0) is 44.0 Å². The number of benzene rings is 2. The van der Waals surface area contributed by atoms with Crippen molar-refractivity contribution in [3.63, 3.8) is 0 Å². The standard InChI is InChI=1S/C17H20FN/c1-12-7-13(2)9-15(8-12)11-19-14(3)16-5-4-6-17(18)10-16/h4-10,14,19H,11H2,1-3H3/t14-/m1/s1. The largest absolute Gasteiger partial charge is 0.306 e. The molecular formula is C17H20FN. The van der Waals surface area contributed by atoms with E-state index in [0.29, 0.717) is 0 Å². The summed E-state index contributed by atoms with van der Waals surface area (Å²) in [5.74, 6) is -0.183. The molecule has 2 heteroatoms. The molecular weight excluding hydrogens is 237 g/mol. The lowest BCUT2D eigenvalue weighted by Gasteiger charge is -2.15. The van der Waals surface area contributed by atoms with E-state index in [1.54, 1.807) is 12.1 Å². The molecule has 0 unspecified atom stereocenters. The Labute approximate surface area is 114 Å². The Bertz CT molecular complexity index is 543. The molecule has 1 atom stereocenters. The van der Waals surface area contributed by atoms with E-state index < -0.39 is 0 Å². The van der Waals surface area contributed by atoms with Crippen LogP contribution in [0.25, 0.3) is 0 Å². The third-order valence-corrected chi connectivity index (χ3v) is 3.24. The van der Waals surface area contributed by atoms with Gasteiger partial charge in [-0.2, -0.15) is 0 Å². The summed E-state index contributed by atoms with van der Waals surface area (Å²) in [6.45, 7) is 7.05. The van der Waals surface area contributed by atoms with Gasteiger partial charge in [0.15, 0.2) is 0 Å². The van der Waals surface area contributed by atoms with Crippen LogP contribution in [0.4, 0.5) is 4.39 Å². The van der Waals surface area contributed by atoms with E-state index in [9.17, 15) is 4.39 Å². The molecule has 100 valence electrons. The fraction of sp³-hybridized carbons (Fsp3) is 0.294. The van der Waals surface area contributed by atoms with Gasteiger partial charge in [0, 0.05) is 12.6 Å². The van der Waals surface area contributed by atoms with Crippen LogP contribution < -0.4 is 5.32 Å². The van der Waals surface area contributed by atoms with Crippen LogP contribution in [0.3, 0.4) is 0 Å². The van der Waals surface area contributed by atoms with Crippen LogP contribution in [-0.4, -0.2) is 0 Å². The maximum Gasteiger partial charge on any atom is 0.123 e. The van der Waals surface area contributed by atoms with E-state index in [4.69, 9.17) is 0 Å². The van der Waals surface area contributed by atoms with Crippen molar-refractivity contribution in [1.29, 1.82) is 0 Å². The molecule has 0 saturated heterocycles. The minimum Gasteiger partial charge on any atom is -0.306 e. The second-order valence-electron chi connectivity index (χ2n) is 5.15. The van der Waals surface area contributed by atoms with Gasteiger partial charge in [-0.15, -0.1) is 0 Å². The highest BCUT2D eigenvalue weighted by Gasteiger charge is 2.06. The second-order valence-corrected chi connectivity index (χ2v) is 5.15. The smallest absolute Gasteiger partial charge is 0.123 e. The number of rotatable bonds is 4. The van der Waals surface area contributed by atoms with Gasteiger partial charge < -0.3 is 5.32 Å². The monoisotopic (exact) mass is 257 g/mol. The molecule has 0 radical (unpaired) electrons. The number of halogens is 1. The van der Waals surface area contributed by atoms with E-state index in [-0.39, 0.29) is 11.9 Å². The molecule has 1 N–H and O–H groups in total. The summed E-state index contributed by atoms with van der Waals surface area (Å²) in [6.07, 6.45) is 0. The van der Waals surface area contributed by atoms with Gasteiger partial charge in [0.05, 0.1) is 0 Å². The van der Waals surface area contributed by atoms with Gasteiger partial charge >= 0.3 is 0 Å². The van der Waals surface area contributed by atoms with Crippen molar-refractivity contribution in [2.45, 2.75) is 33.4 Å². The van der Waals surface area contributed by atoms with Crippen molar-refractivity contribution in [3.8, 4) is 0 Å². The zero-order chi connectivity index (χ0) is 13.8. The molecule has 0 heterocycles. The van der Waals surface area contributed by atoms with Gasteiger partial charge in [-0.3, -0.25) is 0 Å². The van der Waals surface area contributed by atoms with Crippen molar-refractivity contribution < 1.29 is 4.39 Å². The molecule has 0 saturated carbocycles. The minimum absolute atomic E-state index is 0.136. The fourth-order valence-corrected chi connectivity index (χ4v) is 2.34. The van der Waals surface area contributed by atoms with Gasteiger partial charge in [0.25, 0.3) is 0 Å². The topological polar surface area (TPSA) is 12.0 Å². The van der Waals surface area contributed by atoms with E-state index >= 15 is 0 Å². The number of hydrogen-bond donors (Lipinski definition) is 1. The van der Waals surface area contributed by atoms with Crippen LogP contribution in [-0.2, 0) is 6.54 Å². The average molecular weight is 257 g/mol. The number of aryl methyl sites for hydroxylation is 2. The Kier molecular flexibility index (Phi) is 4.33. The predicted molar refractivity (Wildman–Crippen MR) is 77.6 cm³/mol. The molecule has 0 amide bonds. The van der Waals surface area contributed by atoms with E-state index in [1.165, 1.54) is 22.8 Å². The first kappa shape index (κ1) is 13.8. The van der Waals surface area contributed by atoms with Crippen LogP contribution in [0.2, 0.25) is 0 Å². The summed E-state index contributed by atoms with van der Waals surface area (Å²) < 4.78 is 13.2. The molecule has 19 heavy (non-hydrogen) atoms. The maximum atomic E-state index is 13.2. The third kappa shape index (κ3) is 3.90. The van der Waals surface area contributed by atoms with Gasteiger partial charge in [-0.1, -0.05) is 41.5 Å². The Morgan fingerprint density at radius 2 is 1.74 bits per heavy atom. The van der Waals surface area contributed by atoms with Crippen LogP contribution in [0.15, 0.2) is 42.5 Å². The van der Waals surface area contributed by atoms with Crippen LogP contribution in [0.1, 0.15) is 35.2 Å². The normalized spacial score (nSPS) is 12.4. The average Bonchev–Trinajstić information content (AvgIpc) is 2.35. The molecule has 0 spiro atoms. The van der Waals surface area contributed by atoms with Crippen molar-refractivity contribution in [2.75, 3.05) is 0 Å². The molecule has 2 aromatic carbocycles. The summed E-state index contributed by atoms with van der Waals surface area (Å²) >= 11 is 0. The second kappa shape index (κ2) is 5.98. The molecule has 2 aromatic rings. The zero-order valence-corrected chi connectivity index (χ0v) is 11.7. The first-order valence-electron chi connectivity index (χ1n) is 6.60. The van der Waals surface area contributed by atoms with E-state index in [2.05, 4.69) is 44.3 Å². The van der Waals surface area contributed by atoms with Gasteiger partial charge in [0.2, 0.25) is 0 Å². The number of hydrogen-bond acceptors (Lipinski definition) is 1. The molecule has 1 nitrogen and oxygen atoms in total. The maximum absolute atomic E-state index is 13.2. The lowest BCUT2D eigenvalue weighted by Crippen LogP contribution is -2.18. The molecule has 0 aliphatic rings. The lowest BCUT2D eigenvalue weighted by molar-refractivity contribution is 0.565. The Morgan fingerprint density at radius 3 is 2.37 bits per heavy atom. The van der Waals surface area contributed by atoms with Gasteiger partial charge in [0.1, 0.15) is 5.82 Å². The van der Waals surface area contributed by atoms with Crippen LogP contribution in [0.5, 0.6) is 0 Å². The Balaban J connectivity index is 2.02. The highest BCUT2D eigenvalue weighted by molar-refractivity contribution is 5.28. The minimum atomic E-state index is -0.183. The summed E-state index contributed by atoms with van der Waals surface area (Å²) in [5.41, 5.74) is 4.79. The Hall–Kier alpha value is -1.67. The van der Waals surface area contributed by atoms with E-state index in [0.717, 1.165) is 12.1 Å². The molecule has 0 fully saturated rings. The van der Waals surface area contributed by atoms with Crippen molar-refractivity contribution in [3.05, 3.63) is 70.5 Å². The van der Waals surface area contributed by atoms with E-state index in [1.807, 2.05) is 6.07 Å². The van der Waals surface area contributed by atoms with Crippen LogP contribution >= 0.6 is 0 Å². The molecule has 0 aromatic heterocycles. The van der Waals surface area contributed by atoms with Crippen molar-refractivity contribution >= 4 is 0 Å². The van der Waals surface area contributed by atoms with Gasteiger partial charge in [-0.25, -0.2) is 4.39 Å². The highest BCUT2D eigenvalue weighted by Crippen LogP contribution is 2.15. The summed E-state index contributed by atoms with van der Waals surface area (Å²) in [5, 5.41) is 3.43. The fourth-order valence-electron chi connectivity index (χ4n) is 2.34. The van der Waals surface area contributed by atoms with Crippen molar-refractivity contribution in [1.82, 2.24) is 5.32 Å². The first-order chi connectivity index (χ1) is 9.04. The lowest BCUT2D eigenvalue weighted by atomic mass is 10.1. The van der Waals surface area contributed by atoms with Crippen LogP contribution in [0, 0.1) is 19.7 Å². The Morgan fingerprint density at radius 1 is 1.05 bits per heavy atom. The highest BCUT2D eigenvalue weighted by atomic mass is 19.1. The quantitative estimate of drug-likeness (QED) is 0.861.